The molecule has 2 heterocycles. The minimum absolute atomic E-state index is 1.03. The maximum absolute atomic E-state index is 4.06. The van der Waals surface area contributed by atoms with Crippen LogP contribution in [0.15, 0.2) is 6.20 Å². The molecule has 1 aromatic rings. The first-order valence-electron chi connectivity index (χ1n) is 3.14. The van der Waals surface area contributed by atoms with Gasteiger partial charge in [-0.3, -0.25) is 0 Å². The highest BCUT2D eigenvalue weighted by Crippen LogP contribution is 2.09. The van der Waals surface area contributed by atoms with Crippen LogP contribution in [0.25, 0.3) is 0 Å². The van der Waals surface area contributed by atoms with Crippen molar-refractivity contribution in [3.8, 4) is 0 Å². The molecule has 1 aliphatic rings. The van der Waals surface area contributed by atoms with Gasteiger partial charge in [0.25, 0.3) is 0 Å². The second-order valence-corrected chi connectivity index (χ2v) is 2.14. The van der Waals surface area contributed by atoms with Crippen LogP contribution in [0.2, 0.25) is 0 Å². The predicted octanol–water partition coefficient (Wildman–Crippen LogP) is 0.499. The van der Waals surface area contributed by atoms with Crippen LogP contribution < -0.4 is 5.32 Å². The molecule has 0 atom stereocenters. The third kappa shape index (κ3) is 0.686. The van der Waals surface area contributed by atoms with Gasteiger partial charge in [0, 0.05) is 19.2 Å². The second-order valence-electron chi connectivity index (χ2n) is 2.14. The molecule has 0 unspecified atom stereocenters. The summed E-state index contributed by atoms with van der Waals surface area (Å²) in [5, 5.41) is 7.24. The van der Waals surface area contributed by atoms with Crippen LogP contribution >= 0.6 is 0 Å². The molecule has 0 spiro atoms. The van der Waals surface area contributed by atoms with Gasteiger partial charge in [-0.25, -0.2) is 4.68 Å². The molecule has 9 heavy (non-hydrogen) atoms. The summed E-state index contributed by atoms with van der Waals surface area (Å²) in [5.74, 6) is 1.03. The van der Waals surface area contributed by atoms with E-state index in [4.69, 9.17) is 0 Å². The van der Waals surface area contributed by atoms with E-state index in [1.54, 1.807) is 6.20 Å². The van der Waals surface area contributed by atoms with Crippen LogP contribution in [0.3, 0.4) is 0 Å². The molecular weight excluding hydrogens is 114 g/mol. The standard InChI is InChI=1S/C6H8N3/c1-3-7-6-2-4-8-9(6)5-1/h4,7H,1,3,5H2. The lowest BCUT2D eigenvalue weighted by molar-refractivity contribution is 0.567. The molecule has 3 heteroatoms. The number of nitrogens with zero attached hydrogens (tertiary/aromatic N) is 2. The summed E-state index contributed by atoms with van der Waals surface area (Å²) in [6.45, 7) is 2.09. The van der Waals surface area contributed by atoms with Crippen LogP contribution in [-0.4, -0.2) is 16.3 Å². The van der Waals surface area contributed by atoms with Gasteiger partial charge in [0.1, 0.15) is 5.82 Å². The molecule has 1 aromatic heterocycles. The van der Waals surface area contributed by atoms with Crippen molar-refractivity contribution in [2.75, 3.05) is 11.9 Å². The molecule has 0 saturated heterocycles. The minimum Gasteiger partial charge on any atom is -0.370 e. The largest absolute Gasteiger partial charge is 0.370 e. The molecule has 0 amide bonds. The van der Waals surface area contributed by atoms with E-state index in [2.05, 4.69) is 16.5 Å². The molecule has 0 aliphatic carbocycles. The minimum atomic E-state index is 1.03. The topological polar surface area (TPSA) is 29.9 Å². The molecule has 3 nitrogen and oxygen atoms in total. The fourth-order valence-electron chi connectivity index (χ4n) is 1.04. The smallest absolute Gasteiger partial charge is 0.132 e. The number of anilines is 1. The summed E-state index contributed by atoms with van der Waals surface area (Å²) in [4.78, 5) is 0. The van der Waals surface area contributed by atoms with E-state index < -0.39 is 0 Å². The van der Waals surface area contributed by atoms with Crippen LogP contribution in [0.5, 0.6) is 0 Å². The highest BCUT2D eigenvalue weighted by Gasteiger charge is 2.05. The van der Waals surface area contributed by atoms with Gasteiger partial charge in [0.2, 0.25) is 0 Å². The highest BCUT2D eigenvalue weighted by atomic mass is 15.3. The van der Waals surface area contributed by atoms with Crippen molar-refractivity contribution < 1.29 is 0 Å². The molecule has 2 rings (SSSR count). The monoisotopic (exact) mass is 122 g/mol. The Labute approximate surface area is 53.7 Å². The van der Waals surface area contributed by atoms with E-state index >= 15 is 0 Å². The Balaban J connectivity index is 2.39. The van der Waals surface area contributed by atoms with Crippen molar-refractivity contribution in [2.24, 2.45) is 0 Å². The van der Waals surface area contributed by atoms with E-state index in [0.29, 0.717) is 0 Å². The third-order valence-electron chi connectivity index (χ3n) is 1.50. The van der Waals surface area contributed by atoms with Crippen molar-refractivity contribution in [1.82, 2.24) is 9.78 Å². The van der Waals surface area contributed by atoms with Gasteiger partial charge >= 0.3 is 0 Å². The van der Waals surface area contributed by atoms with Crippen molar-refractivity contribution in [3.63, 3.8) is 0 Å². The fourth-order valence-corrected chi connectivity index (χ4v) is 1.04. The van der Waals surface area contributed by atoms with Crippen LogP contribution in [0.1, 0.15) is 6.42 Å². The lowest BCUT2D eigenvalue weighted by Crippen LogP contribution is -2.17. The quantitative estimate of drug-likeness (QED) is 0.543. The molecule has 0 bridgehead atoms. The van der Waals surface area contributed by atoms with Gasteiger partial charge in [0.15, 0.2) is 0 Å². The number of hydrogen-bond acceptors (Lipinski definition) is 2. The number of nitrogens with one attached hydrogen (secondary N) is 1. The van der Waals surface area contributed by atoms with E-state index in [1.165, 1.54) is 6.42 Å². The van der Waals surface area contributed by atoms with Crippen molar-refractivity contribution in [1.29, 1.82) is 0 Å². The normalized spacial score (nSPS) is 16.4. The molecule has 0 saturated carbocycles. The number of aryl methyl sites for hydroxylation is 1. The molecular formula is C6H8N3. The predicted molar refractivity (Wildman–Crippen MR) is 34.2 cm³/mol. The highest BCUT2D eigenvalue weighted by molar-refractivity contribution is 5.33. The Bertz CT molecular complexity index is 183. The molecule has 1 radical (unpaired) electrons. The van der Waals surface area contributed by atoms with Crippen molar-refractivity contribution >= 4 is 5.82 Å². The van der Waals surface area contributed by atoms with Gasteiger partial charge in [0.05, 0.1) is 6.20 Å². The number of hydrogen-bond donors (Lipinski definition) is 1. The number of aromatic nitrogens is 2. The Morgan fingerprint density at radius 2 is 2.78 bits per heavy atom. The summed E-state index contributed by atoms with van der Waals surface area (Å²) >= 11 is 0. The molecule has 0 aromatic carbocycles. The molecule has 1 aliphatic heterocycles. The van der Waals surface area contributed by atoms with Crippen LogP contribution in [-0.2, 0) is 6.54 Å². The summed E-state index contributed by atoms with van der Waals surface area (Å²) in [6.07, 6.45) is 2.87. The Morgan fingerprint density at radius 1 is 1.78 bits per heavy atom. The molecule has 1 N–H and O–H groups in total. The zero-order valence-electron chi connectivity index (χ0n) is 5.09. The summed E-state index contributed by atoms with van der Waals surface area (Å²) in [6, 6.07) is 3.00. The average molecular weight is 122 g/mol. The molecule has 0 fully saturated rings. The van der Waals surface area contributed by atoms with Gasteiger partial charge in [-0.15, -0.1) is 0 Å². The van der Waals surface area contributed by atoms with Crippen molar-refractivity contribution in [3.05, 3.63) is 12.3 Å². The van der Waals surface area contributed by atoms with Gasteiger partial charge in [-0.1, -0.05) is 0 Å². The van der Waals surface area contributed by atoms with Gasteiger partial charge < -0.3 is 5.32 Å². The fraction of sp³-hybridized carbons (Fsp3) is 0.500. The SMILES string of the molecule is [c]1cnn2c1NCCC2. The summed E-state index contributed by atoms with van der Waals surface area (Å²) < 4.78 is 1.93. The molecule has 47 valence electrons. The Morgan fingerprint density at radius 3 is 3.67 bits per heavy atom. The summed E-state index contributed by atoms with van der Waals surface area (Å²) in [7, 11) is 0. The van der Waals surface area contributed by atoms with E-state index in [1.807, 2.05) is 4.68 Å². The van der Waals surface area contributed by atoms with Gasteiger partial charge in [-0.2, -0.15) is 5.10 Å². The number of fused-ring (bicyclic) bond motifs is 1. The number of rotatable bonds is 0. The summed E-state index contributed by atoms with van der Waals surface area (Å²) in [5.41, 5.74) is 0. The van der Waals surface area contributed by atoms with E-state index in [0.717, 1.165) is 18.9 Å². The third-order valence-corrected chi connectivity index (χ3v) is 1.50. The zero-order chi connectivity index (χ0) is 6.10. The lowest BCUT2D eigenvalue weighted by atomic mass is 10.3. The maximum Gasteiger partial charge on any atom is 0.132 e. The first-order valence-corrected chi connectivity index (χ1v) is 3.14. The van der Waals surface area contributed by atoms with Crippen molar-refractivity contribution in [2.45, 2.75) is 13.0 Å². The lowest BCUT2D eigenvalue weighted by Gasteiger charge is -2.14. The Kier molecular flexibility index (Phi) is 0.946. The van der Waals surface area contributed by atoms with Crippen LogP contribution in [0.4, 0.5) is 5.82 Å². The van der Waals surface area contributed by atoms with E-state index in [-0.39, 0.29) is 0 Å². The first kappa shape index (κ1) is 4.85. The second kappa shape index (κ2) is 1.76. The van der Waals surface area contributed by atoms with Crippen LogP contribution in [0, 0.1) is 6.07 Å². The maximum atomic E-state index is 4.06. The first-order chi connectivity index (χ1) is 4.47. The Hall–Kier alpha value is -0.990. The zero-order valence-corrected chi connectivity index (χ0v) is 5.09. The van der Waals surface area contributed by atoms with Gasteiger partial charge in [-0.05, 0) is 6.42 Å². The average Bonchev–Trinajstić information content (AvgIpc) is 2.33. The van der Waals surface area contributed by atoms with E-state index in [9.17, 15) is 0 Å².